The number of carbonyl (C=O) groups excluding carboxylic acids is 1. The number of para-hydroxylation sites is 1. The van der Waals surface area contributed by atoms with E-state index in [2.05, 4.69) is 38.9 Å². The Morgan fingerprint density at radius 1 is 1.11 bits per heavy atom. The highest BCUT2D eigenvalue weighted by molar-refractivity contribution is 6.08. The Morgan fingerprint density at radius 3 is 2.74 bits per heavy atom. The number of allylic oxidation sites excluding steroid dienone is 1. The van der Waals surface area contributed by atoms with Crippen LogP contribution in [0.4, 0.5) is 5.69 Å². The van der Waals surface area contributed by atoms with Crippen LogP contribution >= 0.6 is 0 Å². The third-order valence-electron chi connectivity index (χ3n) is 5.42. The van der Waals surface area contributed by atoms with Gasteiger partial charge in [0.05, 0.1) is 11.1 Å². The standard InChI is InChI=1S/C26H27N5O4/c1-2-3-4-5-6-7-8-16-34-19-14-12-18(13-15-19)26(33)27-21-11-9-10-20-22(32)17-23(35-24(20)21)25-28-30-31-29-25/h7-15,17H,2-6,16H2,1H3,(H,27,33)(H,28,29,30,31). The van der Waals surface area contributed by atoms with Crippen LogP contribution in [0.25, 0.3) is 22.6 Å². The van der Waals surface area contributed by atoms with Crippen molar-refractivity contribution in [1.29, 1.82) is 0 Å². The first kappa shape index (κ1) is 23.9. The van der Waals surface area contributed by atoms with Gasteiger partial charge in [-0.25, -0.2) is 0 Å². The van der Waals surface area contributed by atoms with Crippen LogP contribution in [-0.2, 0) is 0 Å². The summed E-state index contributed by atoms with van der Waals surface area (Å²) < 4.78 is 11.6. The Kier molecular flexibility index (Phi) is 8.00. The van der Waals surface area contributed by atoms with E-state index in [-0.39, 0.29) is 28.5 Å². The Morgan fingerprint density at radius 2 is 1.97 bits per heavy atom. The third kappa shape index (κ3) is 6.20. The van der Waals surface area contributed by atoms with Crippen molar-refractivity contribution in [2.45, 2.75) is 39.0 Å². The van der Waals surface area contributed by atoms with Crippen molar-refractivity contribution in [1.82, 2.24) is 20.6 Å². The van der Waals surface area contributed by atoms with Gasteiger partial charge in [0.25, 0.3) is 5.91 Å². The molecule has 4 rings (SSSR count). The number of amides is 1. The molecule has 2 heterocycles. The highest BCUT2D eigenvalue weighted by Crippen LogP contribution is 2.26. The number of nitrogens with one attached hydrogen (secondary N) is 2. The van der Waals surface area contributed by atoms with Gasteiger partial charge in [-0.15, -0.1) is 10.2 Å². The Hall–Kier alpha value is -4.27. The minimum absolute atomic E-state index is 0.145. The highest BCUT2D eigenvalue weighted by Gasteiger charge is 2.15. The fourth-order valence-electron chi connectivity index (χ4n) is 3.57. The number of H-pyrrole nitrogens is 1. The molecule has 9 nitrogen and oxygen atoms in total. The molecule has 0 saturated heterocycles. The van der Waals surface area contributed by atoms with Crippen LogP contribution in [0, 0.1) is 0 Å². The number of anilines is 1. The van der Waals surface area contributed by atoms with E-state index in [1.54, 1.807) is 42.5 Å². The number of unbranched alkanes of at least 4 members (excludes halogenated alkanes) is 4. The van der Waals surface area contributed by atoms with Gasteiger partial charge < -0.3 is 14.5 Å². The molecular weight excluding hydrogens is 446 g/mol. The molecule has 35 heavy (non-hydrogen) atoms. The number of hydrogen-bond acceptors (Lipinski definition) is 7. The number of aromatic nitrogens is 4. The SMILES string of the molecule is CCCCCCC=CCOc1ccc(C(=O)Nc2cccc3c(=O)cc(-c4nn[nH]n4)oc23)cc1. The quantitative estimate of drug-likeness (QED) is 0.229. The topological polar surface area (TPSA) is 123 Å². The zero-order valence-electron chi connectivity index (χ0n) is 19.5. The van der Waals surface area contributed by atoms with Crippen molar-refractivity contribution in [3.05, 3.63) is 76.5 Å². The first-order valence-electron chi connectivity index (χ1n) is 11.7. The maximum absolute atomic E-state index is 12.9. The summed E-state index contributed by atoms with van der Waals surface area (Å²) >= 11 is 0. The van der Waals surface area contributed by atoms with Gasteiger partial charge in [0, 0.05) is 11.6 Å². The number of rotatable bonds is 11. The summed E-state index contributed by atoms with van der Waals surface area (Å²) in [5, 5.41) is 16.6. The van der Waals surface area contributed by atoms with Crippen molar-refractivity contribution in [3.8, 4) is 17.3 Å². The number of fused-ring (bicyclic) bond motifs is 1. The van der Waals surface area contributed by atoms with E-state index in [0.717, 1.165) is 6.42 Å². The van der Waals surface area contributed by atoms with E-state index in [4.69, 9.17) is 9.15 Å². The maximum atomic E-state index is 12.9. The fourth-order valence-corrected chi connectivity index (χ4v) is 3.57. The van der Waals surface area contributed by atoms with Gasteiger partial charge in [-0.2, -0.15) is 5.21 Å². The fraction of sp³-hybridized carbons (Fsp3) is 0.269. The Bertz CT molecular complexity index is 1340. The Balaban J connectivity index is 1.40. The average molecular weight is 474 g/mol. The minimum Gasteiger partial charge on any atom is -0.490 e. The average Bonchev–Trinajstić information content (AvgIpc) is 3.42. The van der Waals surface area contributed by atoms with Crippen molar-refractivity contribution in [2.75, 3.05) is 11.9 Å². The van der Waals surface area contributed by atoms with Gasteiger partial charge in [0.15, 0.2) is 16.8 Å². The number of benzene rings is 2. The highest BCUT2D eigenvalue weighted by atomic mass is 16.5. The van der Waals surface area contributed by atoms with E-state index >= 15 is 0 Å². The van der Waals surface area contributed by atoms with Gasteiger partial charge in [0.1, 0.15) is 12.4 Å². The first-order valence-corrected chi connectivity index (χ1v) is 11.7. The van der Waals surface area contributed by atoms with Crippen molar-refractivity contribution >= 4 is 22.6 Å². The van der Waals surface area contributed by atoms with E-state index < -0.39 is 0 Å². The lowest BCUT2D eigenvalue weighted by Gasteiger charge is -2.09. The molecule has 0 bridgehead atoms. The van der Waals surface area contributed by atoms with Gasteiger partial charge in [-0.3, -0.25) is 9.59 Å². The maximum Gasteiger partial charge on any atom is 0.255 e. The first-order chi connectivity index (χ1) is 17.2. The van der Waals surface area contributed by atoms with Crippen molar-refractivity contribution in [3.63, 3.8) is 0 Å². The molecule has 0 unspecified atom stereocenters. The second-order valence-corrected chi connectivity index (χ2v) is 8.00. The summed E-state index contributed by atoms with van der Waals surface area (Å²) in [5.41, 5.74) is 0.755. The van der Waals surface area contributed by atoms with E-state index in [1.807, 2.05) is 6.08 Å². The van der Waals surface area contributed by atoms with E-state index in [1.165, 1.54) is 31.7 Å². The van der Waals surface area contributed by atoms with Crippen LogP contribution in [0.1, 0.15) is 49.4 Å². The number of ether oxygens (including phenoxy) is 1. The molecule has 1 amide bonds. The van der Waals surface area contributed by atoms with Crippen molar-refractivity contribution in [2.24, 2.45) is 0 Å². The number of aromatic amines is 1. The molecule has 2 N–H and O–H groups in total. The summed E-state index contributed by atoms with van der Waals surface area (Å²) in [6.45, 7) is 2.69. The monoisotopic (exact) mass is 473 g/mol. The summed E-state index contributed by atoms with van der Waals surface area (Å²) in [5.74, 6) is 0.628. The van der Waals surface area contributed by atoms with Gasteiger partial charge >= 0.3 is 0 Å². The van der Waals surface area contributed by atoms with Crippen LogP contribution in [-0.4, -0.2) is 33.1 Å². The molecule has 0 saturated carbocycles. The van der Waals surface area contributed by atoms with Crippen LogP contribution < -0.4 is 15.5 Å². The number of tetrazole rings is 1. The zero-order chi connectivity index (χ0) is 24.5. The molecule has 0 radical (unpaired) electrons. The van der Waals surface area contributed by atoms with Crippen LogP contribution in [0.2, 0.25) is 0 Å². The van der Waals surface area contributed by atoms with E-state index in [9.17, 15) is 9.59 Å². The summed E-state index contributed by atoms with van der Waals surface area (Å²) in [6, 6.07) is 13.1. The molecule has 180 valence electrons. The van der Waals surface area contributed by atoms with Gasteiger partial charge in [-0.1, -0.05) is 44.4 Å². The molecule has 9 heteroatoms. The molecule has 2 aromatic heterocycles. The lowest BCUT2D eigenvalue weighted by molar-refractivity contribution is 0.102. The van der Waals surface area contributed by atoms with Crippen LogP contribution in [0.3, 0.4) is 0 Å². The molecule has 0 atom stereocenters. The molecule has 0 aliphatic rings. The normalized spacial score (nSPS) is 11.2. The van der Waals surface area contributed by atoms with Crippen LogP contribution in [0.15, 0.2) is 69.9 Å². The predicted molar refractivity (Wildman–Crippen MR) is 133 cm³/mol. The van der Waals surface area contributed by atoms with Gasteiger partial charge in [0.2, 0.25) is 5.82 Å². The molecule has 0 spiro atoms. The summed E-state index contributed by atoms with van der Waals surface area (Å²) in [6.07, 6.45) is 10.2. The largest absolute Gasteiger partial charge is 0.490 e. The number of nitrogens with zero attached hydrogens (tertiary/aromatic N) is 3. The zero-order valence-corrected chi connectivity index (χ0v) is 19.5. The molecule has 0 fully saturated rings. The third-order valence-corrected chi connectivity index (χ3v) is 5.42. The molecule has 0 aliphatic heterocycles. The predicted octanol–water partition coefficient (Wildman–Crippen LogP) is 5.13. The molecule has 2 aromatic carbocycles. The number of hydrogen-bond donors (Lipinski definition) is 2. The minimum atomic E-state index is -0.344. The molecule has 0 aliphatic carbocycles. The van der Waals surface area contributed by atoms with Crippen molar-refractivity contribution < 1.29 is 13.9 Å². The second kappa shape index (κ2) is 11.7. The lowest BCUT2D eigenvalue weighted by Crippen LogP contribution is -2.13. The van der Waals surface area contributed by atoms with E-state index in [0.29, 0.717) is 29.0 Å². The summed E-state index contributed by atoms with van der Waals surface area (Å²) in [7, 11) is 0. The lowest BCUT2D eigenvalue weighted by atomic mass is 10.1. The summed E-state index contributed by atoms with van der Waals surface area (Å²) in [4.78, 5) is 25.4. The Labute approximate surface area is 202 Å². The van der Waals surface area contributed by atoms with Gasteiger partial charge in [-0.05, 0) is 54.5 Å². The van der Waals surface area contributed by atoms with Crippen LogP contribution in [0.5, 0.6) is 5.75 Å². The molecular formula is C26H27N5O4. The second-order valence-electron chi connectivity index (χ2n) is 8.00. The smallest absolute Gasteiger partial charge is 0.255 e. The number of carbonyl (C=O) groups is 1. The molecule has 4 aromatic rings.